The summed E-state index contributed by atoms with van der Waals surface area (Å²) in [5.74, 6) is 0. The smallest absolute Gasteiger partial charge is 0.0869 e. The van der Waals surface area contributed by atoms with Crippen LogP contribution in [0.4, 0.5) is 0 Å². The van der Waals surface area contributed by atoms with Crippen LogP contribution in [0, 0.1) is 0 Å². The van der Waals surface area contributed by atoms with Gasteiger partial charge < -0.3 is 9.72 Å². The standard InChI is InChI=1S/C12H14ClNO/c1-8(2)15-7-11-5-9-3-4-10(13)6-12(9)14-11/h3-6,8,14H,7H2,1-2H3. The molecule has 0 spiro atoms. The van der Waals surface area contributed by atoms with Crippen LogP contribution in [-0.2, 0) is 11.3 Å². The number of aromatic amines is 1. The fourth-order valence-corrected chi connectivity index (χ4v) is 1.67. The summed E-state index contributed by atoms with van der Waals surface area (Å²) in [6.07, 6.45) is 0.250. The van der Waals surface area contributed by atoms with E-state index in [1.54, 1.807) is 0 Å². The molecule has 2 aromatic rings. The van der Waals surface area contributed by atoms with Crippen molar-refractivity contribution in [2.45, 2.75) is 26.6 Å². The second kappa shape index (κ2) is 4.25. The Hall–Kier alpha value is -0.990. The highest BCUT2D eigenvalue weighted by Gasteiger charge is 2.02. The van der Waals surface area contributed by atoms with E-state index >= 15 is 0 Å². The monoisotopic (exact) mass is 223 g/mol. The van der Waals surface area contributed by atoms with E-state index in [0.717, 1.165) is 16.2 Å². The van der Waals surface area contributed by atoms with E-state index in [4.69, 9.17) is 16.3 Å². The SMILES string of the molecule is CC(C)OCc1cc2ccc(Cl)cc2[nH]1. The van der Waals surface area contributed by atoms with Gasteiger partial charge in [0.05, 0.1) is 12.7 Å². The molecule has 0 aliphatic rings. The zero-order valence-electron chi connectivity index (χ0n) is 8.88. The maximum Gasteiger partial charge on any atom is 0.0869 e. The van der Waals surface area contributed by atoms with Crippen LogP contribution in [0.5, 0.6) is 0 Å². The second-order valence-corrected chi connectivity index (χ2v) is 4.32. The summed E-state index contributed by atoms with van der Waals surface area (Å²) in [5.41, 5.74) is 2.14. The average Bonchev–Trinajstić information content (AvgIpc) is 2.56. The maximum absolute atomic E-state index is 5.90. The third-order valence-corrected chi connectivity index (χ3v) is 2.45. The van der Waals surface area contributed by atoms with E-state index in [-0.39, 0.29) is 6.10 Å². The van der Waals surface area contributed by atoms with Gasteiger partial charge in [-0.1, -0.05) is 17.7 Å². The summed E-state index contributed by atoms with van der Waals surface area (Å²) in [6, 6.07) is 7.92. The summed E-state index contributed by atoms with van der Waals surface area (Å²) < 4.78 is 5.52. The first-order valence-corrected chi connectivity index (χ1v) is 5.41. The number of nitrogens with one attached hydrogen (secondary N) is 1. The molecule has 0 aliphatic carbocycles. The lowest BCUT2D eigenvalue weighted by atomic mass is 10.2. The Labute approximate surface area is 94.2 Å². The Morgan fingerprint density at radius 2 is 2.13 bits per heavy atom. The number of hydrogen-bond donors (Lipinski definition) is 1. The molecule has 0 fully saturated rings. The lowest BCUT2D eigenvalue weighted by Gasteiger charge is -2.04. The van der Waals surface area contributed by atoms with Gasteiger partial charge in [0.2, 0.25) is 0 Å². The van der Waals surface area contributed by atoms with Crippen molar-refractivity contribution in [3.05, 3.63) is 35.0 Å². The van der Waals surface area contributed by atoms with Crippen LogP contribution in [0.1, 0.15) is 19.5 Å². The quantitative estimate of drug-likeness (QED) is 0.843. The van der Waals surface area contributed by atoms with Crippen LogP contribution in [0.2, 0.25) is 5.02 Å². The van der Waals surface area contributed by atoms with Crippen molar-refractivity contribution < 1.29 is 4.74 Å². The lowest BCUT2D eigenvalue weighted by molar-refractivity contribution is 0.0639. The number of fused-ring (bicyclic) bond motifs is 1. The molecule has 0 aliphatic heterocycles. The molecule has 0 bridgehead atoms. The molecule has 2 rings (SSSR count). The second-order valence-electron chi connectivity index (χ2n) is 3.89. The van der Waals surface area contributed by atoms with Gasteiger partial charge in [-0.15, -0.1) is 0 Å². The summed E-state index contributed by atoms with van der Waals surface area (Å²) in [6.45, 7) is 4.67. The van der Waals surface area contributed by atoms with Crippen molar-refractivity contribution in [3.63, 3.8) is 0 Å². The van der Waals surface area contributed by atoms with E-state index in [0.29, 0.717) is 6.61 Å². The Balaban J connectivity index is 2.23. The minimum atomic E-state index is 0.250. The predicted octanol–water partition coefficient (Wildman–Crippen LogP) is 3.75. The van der Waals surface area contributed by atoms with Crippen molar-refractivity contribution >= 4 is 22.5 Å². The Bertz CT molecular complexity index is 462. The van der Waals surface area contributed by atoms with Gasteiger partial charge in [-0.25, -0.2) is 0 Å². The molecular formula is C12H14ClNO. The zero-order valence-corrected chi connectivity index (χ0v) is 9.64. The number of ether oxygens (including phenoxy) is 1. The molecule has 2 nitrogen and oxygen atoms in total. The first-order chi connectivity index (χ1) is 7.15. The molecule has 0 amide bonds. The highest BCUT2D eigenvalue weighted by atomic mass is 35.5. The average molecular weight is 224 g/mol. The molecule has 0 radical (unpaired) electrons. The van der Waals surface area contributed by atoms with E-state index in [2.05, 4.69) is 11.1 Å². The van der Waals surface area contributed by atoms with Gasteiger partial charge in [0.1, 0.15) is 0 Å². The summed E-state index contributed by atoms with van der Waals surface area (Å²) in [4.78, 5) is 3.28. The summed E-state index contributed by atoms with van der Waals surface area (Å²) in [7, 11) is 0. The maximum atomic E-state index is 5.90. The van der Waals surface area contributed by atoms with Crippen LogP contribution in [0.3, 0.4) is 0 Å². The van der Waals surface area contributed by atoms with Crippen LogP contribution >= 0.6 is 11.6 Å². The highest BCUT2D eigenvalue weighted by molar-refractivity contribution is 6.31. The van der Waals surface area contributed by atoms with Gasteiger partial charge in [-0.2, -0.15) is 0 Å². The van der Waals surface area contributed by atoms with Crippen LogP contribution in [0.25, 0.3) is 10.9 Å². The van der Waals surface area contributed by atoms with E-state index in [1.807, 2.05) is 32.0 Å². The molecule has 1 N–H and O–H groups in total. The zero-order chi connectivity index (χ0) is 10.8. The minimum Gasteiger partial charge on any atom is -0.373 e. The fraction of sp³-hybridized carbons (Fsp3) is 0.333. The van der Waals surface area contributed by atoms with Crippen LogP contribution in [-0.4, -0.2) is 11.1 Å². The number of H-pyrrole nitrogens is 1. The van der Waals surface area contributed by atoms with Gasteiger partial charge in [0, 0.05) is 16.2 Å². The fourth-order valence-electron chi connectivity index (χ4n) is 1.49. The molecule has 1 aromatic heterocycles. The first kappa shape index (κ1) is 10.5. The van der Waals surface area contributed by atoms with Gasteiger partial charge >= 0.3 is 0 Å². The molecule has 15 heavy (non-hydrogen) atoms. The molecule has 0 saturated carbocycles. The minimum absolute atomic E-state index is 0.250. The molecular weight excluding hydrogens is 210 g/mol. The molecule has 0 saturated heterocycles. The molecule has 80 valence electrons. The Kier molecular flexibility index (Phi) is 2.98. The Morgan fingerprint density at radius 1 is 1.33 bits per heavy atom. The summed E-state index contributed by atoms with van der Waals surface area (Å²) in [5, 5.41) is 1.92. The van der Waals surface area contributed by atoms with Crippen LogP contribution < -0.4 is 0 Å². The van der Waals surface area contributed by atoms with Crippen molar-refractivity contribution in [2.75, 3.05) is 0 Å². The lowest BCUT2D eigenvalue weighted by Crippen LogP contribution is -2.02. The third kappa shape index (κ3) is 2.52. The predicted molar refractivity (Wildman–Crippen MR) is 63.2 cm³/mol. The van der Waals surface area contributed by atoms with E-state index in [1.165, 1.54) is 5.39 Å². The van der Waals surface area contributed by atoms with Crippen molar-refractivity contribution in [1.29, 1.82) is 0 Å². The molecule has 0 unspecified atom stereocenters. The number of rotatable bonds is 3. The Morgan fingerprint density at radius 3 is 2.87 bits per heavy atom. The van der Waals surface area contributed by atoms with E-state index in [9.17, 15) is 0 Å². The van der Waals surface area contributed by atoms with E-state index < -0.39 is 0 Å². The number of hydrogen-bond acceptors (Lipinski definition) is 1. The molecule has 3 heteroatoms. The third-order valence-electron chi connectivity index (χ3n) is 2.21. The van der Waals surface area contributed by atoms with Crippen molar-refractivity contribution in [1.82, 2.24) is 4.98 Å². The molecule has 1 heterocycles. The van der Waals surface area contributed by atoms with Gasteiger partial charge in [-0.05, 0) is 37.4 Å². The molecule has 1 aromatic carbocycles. The van der Waals surface area contributed by atoms with Crippen LogP contribution in [0.15, 0.2) is 24.3 Å². The highest BCUT2D eigenvalue weighted by Crippen LogP contribution is 2.20. The van der Waals surface area contributed by atoms with Gasteiger partial charge in [0.15, 0.2) is 0 Å². The van der Waals surface area contributed by atoms with Crippen molar-refractivity contribution in [2.24, 2.45) is 0 Å². The largest absolute Gasteiger partial charge is 0.373 e. The normalized spacial score (nSPS) is 11.5. The van der Waals surface area contributed by atoms with Crippen molar-refractivity contribution in [3.8, 4) is 0 Å². The molecule has 0 atom stereocenters. The number of aromatic nitrogens is 1. The first-order valence-electron chi connectivity index (χ1n) is 5.04. The number of halogens is 1. The van der Waals surface area contributed by atoms with Gasteiger partial charge in [0.25, 0.3) is 0 Å². The van der Waals surface area contributed by atoms with Gasteiger partial charge in [-0.3, -0.25) is 0 Å². The summed E-state index contributed by atoms with van der Waals surface area (Å²) >= 11 is 5.90. The topological polar surface area (TPSA) is 25.0 Å². The number of benzene rings is 1.